The minimum atomic E-state index is -0.558. The van der Waals surface area contributed by atoms with Crippen molar-refractivity contribution in [3.8, 4) is 0 Å². The van der Waals surface area contributed by atoms with Gasteiger partial charge in [0, 0.05) is 12.2 Å². The van der Waals surface area contributed by atoms with Gasteiger partial charge in [-0.25, -0.2) is 4.79 Å². The van der Waals surface area contributed by atoms with Crippen LogP contribution in [0, 0.1) is 0 Å². The number of esters is 1. The summed E-state index contributed by atoms with van der Waals surface area (Å²) in [6, 6.07) is 15.0. The lowest BCUT2D eigenvalue weighted by Gasteiger charge is -2.17. The maximum absolute atomic E-state index is 13.1. The topological polar surface area (TPSA) is 46.6 Å². The van der Waals surface area contributed by atoms with Gasteiger partial charge in [-0.15, -0.1) is 0 Å². The monoisotopic (exact) mass is 415 g/mol. The molecule has 0 N–H and O–H groups in total. The molecule has 1 amide bonds. The van der Waals surface area contributed by atoms with Crippen LogP contribution in [0.2, 0.25) is 10.0 Å². The maximum Gasteiger partial charge on any atom is 0.340 e. The van der Waals surface area contributed by atoms with Crippen LogP contribution in [0.1, 0.15) is 18.1 Å². The van der Waals surface area contributed by atoms with Gasteiger partial charge in [0.1, 0.15) is 0 Å². The van der Waals surface area contributed by atoms with E-state index in [2.05, 4.69) is 0 Å². The summed E-state index contributed by atoms with van der Waals surface area (Å²) in [6.45, 7) is 2.20. The number of nitrogens with zero attached hydrogens (tertiary/aromatic N) is 1. The van der Waals surface area contributed by atoms with E-state index < -0.39 is 5.97 Å². The Hall–Kier alpha value is -2.56. The van der Waals surface area contributed by atoms with Gasteiger partial charge < -0.3 is 9.64 Å². The van der Waals surface area contributed by atoms with E-state index in [1.165, 1.54) is 7.11 Å². The molecule has 0 saturated carbocycles. The first kappa shape index (κ1) is 20.2. The molecule has 1 aliphatic heterocycles. The van der Waals surface area contributed by atoms with Crippen LogP contribution in [0.3, 0.4) is 0 Å². The molecule has 4 nitrogen and oxygen atoms in total. The molecule has 28 heavy (non-hydrogen) atoms. The number of carbonyl (C=O) groups is 2. The second kappa shape index (κ2) is 8.63. The number of hydrogen-bond acceptors (Lipinski definition) is 3. The highest BCUT2D eigenvalue weighted by molar-refractivity contribution is 6.43. The first-order chi connectivity index (χ1) is 13.4. The van der Waals surface area contributed by atoms with Gasteiger partial charge in [-0.3, -0.25) is 4.79 Å². The number of ether oxygens (including phenoxy) is 1. The highest BCUT2D eigenvalue weighted by Gasteiger charge is 2.36. The fourth-order valence-electron chi connectivity index (χ4n) is 3.17. The van der Waals surface area contributed by atoms with Gasteiger partial charge >= 0.3 is 5.97 Å². The van der Waals surface area contributed by atoms with E-state index in [9.17, 15) is 9.59 Å². The van der Waals surface area contributed by atoms with E-state index in [4.69, 9.17) is 27.9 Å². The second-order valence-corrected chi connectivity index (χ2v) is 7.13. The second-order valence-electron chi connectivity index (χ2n) is 6.35. The molecule has 2 aromatic carbocycles. The Balaban J connectivity index is 1.98. The molecule has 0 aromatic heterocycles. The Kier molecular flexibility index (Phi) is 6.22. The molecule has 0 atom stereocenters. The predicted molar refractivity (Wildman–Crippen MR) is 111 cm³/mol. The Morgan fingerprint density at radius 3 is 2.50 bits per heavy atom. The van der Waals surface area contributed by atoms with E-state index in [-0.39, 0.29) is 17.1 Å². The largest absolute Gasteiger partial charge is 0.465 e. The highest BCUT2D eigenvalue weighted by atomic mass is 35.5. The van der Waals surface area contributed by atoms with Gasteiger partial charge in [0.2, 0.25) is 0 Å². The van der Waals surface area contributed by atoms with Crippen LogP contribution in [0.4, 0.5) is 0 Å². The lowest BCUT2D eigenvalue weighted by Crippen LogP contribution is -2.27. The molecule has 0 spiro atoms. The average Bonchev–Trinajstić information content (AvgIpc) is 2.93. The van der Waals surface area contributed by atoms with Crippen molar-refractivity contribution in [2.75, 3.05) is 13.7 Å². The van der Waals surface area contributed by atoms with Crippen LogP contribution in [-0.4, -0.2) is 30.4 Å². The summed E-state index contributed by atoms with van der Waals surface area (Å²) in [5.74, 6) is -0.817. The van der Waals surface area contributed by atoms with Gasteiger partial charge in [-0.1, -0.05) is 65.7 Å². The van der Waals surface area contributed by atoms with Gasteiger partial charge in [0.15, 0.2) is 0 Å². The van der Waals surface area contributed by atoms with Crippen molar-refractivity contribution < 1.29 is 14.3 Å². The minimum absolute atomic E-state index is 0.247. The molecular weight excluding hydrogens is 397 g/mol. The summed E-state index contributed by atoms with van der Waals surface area (Å²) in [6.07, 6.45) is 2.26. The number of carbonyl (C=O) groups excluding carboxylic acids is 2. The fraction of sp³-hybridized carbons (Fsp3) is 0.182. The fourth-order valence-corrected chi connectivity index (χ4v) is 3.53. The van der Waals surface area contributed by atoms with Crippen molar-refractivity contribution in [3.63, 3.8) is 0 Å². The van der Waals surface area contributed by atoms with Gasteiger partial charge in [0.05, 0.1) is 28.3 Å². The molecule has 1 aliphatic rings. The van der Waals surface area contributed by atoms with E-state index in [0.717, 1.165) is 5.56 Å². The molecule has 0 aliphatic carbocycles. The number of rotatable bonds is 5. The molecular formula is C22H19Cl2NO3. The van der Waals surface area contributed by atoms with Gasteiger partial charge in [0.25, 0.3) is 5.91 Å². The van der Waals surface area contributed by atoms with E-state index in [1.54, 1.807) is 36.1 Å². The Labute approximate surface area is 174 Å². The molecule has 0 unspecified atom stereocenters. The number of benzene rings is 2. The lowest BCUT2D eigenvalue weighted by atomic mass is 10.0. The summed E-state index contributed by atoms with van der Waals surface area (Å²) >= 11 is 12.3. The van der Waals surface area contributed by atoms with Crippen molar-refractivity contribution in [1.29, 1.82) is 0 Å². The number of hydrogen-bond donors (Lipinski definition) is 0. The van der Waals surface area contributed by atoms with Crippen LogP contribution in [0.15, 0.2) is 65.4 Å². The highest BCUT2D eigenvalue weighted by Crippen LogP contribution is 2.34. The van der Waals surface area contributed by atoms with Crippen molar-refractivity contribution in [3.05, 3.63) is 86.5 Å². The number of amides is 1. The quantitative estimate of drug-likeness (QED) is 0.514. The maximum atomic E-state index is 13.1. The molecule has 0 bridgehead atoms. The molecule has 0 saturated heterocycles. The predicted octanol–water partition coefficient (Wildman–Crippen LogP) is 4.91. The van der Waals surface area contributed by atoms with Crippen LogP contribution in [0.25, 0.3) is 6.08 Å². The third-order valence-corrected chi connectivity index (χ3v) is 5.48. The molecule has 6 heteroatoms. The van der Waals surface area contributed by atoms with E-state index in [1.807, 2.05) is 30.3 Å². The van der Waals surface area contributed by atoms with Gasteiger partial charge in [-0.05, 0) is 36.6 Å². The van der Waals surface area contributed by atoms with Crippen molar-refractivity contribution in [2.45, 2.75) is 13.3 Å². The zero-order valence-corrected chi connectivity index (χ0v) is 17.1. The zero-order valence-electron chi connectivity index (χ0n) is 15.5. The Morgan fingerprint density at radius 2 is 1.82 bits per heavy atom. The van der Waals surface area contributed by atoms with Crippen LogP contribution in [0.5, 0.6) is 0 Å². The third kappa shape index (κ3) is 3.98. The Morgan fingerprint density at radius 1 is 1.11 bits per heavy atom. The molecule has 1 heterocycles. The van der Waals surface area contributed by atoms with Crippen LogP contribution >= 0.6 is 23.2 Å². The smallest absolute Gasteiger partial charge is 0.340 e. The Bertz CT molecular complexity index is 981. The summed E-state index contributed by atoms with van der Waals surface area (Å²) in [5, 5.41) is 0.705. The van der Waals surface area contributed by atoms with Crippen molar-refractivity contribution in [1.82, 2.24) is 4.90 Å². The summed E-state index contributed by atoms with van der Waals surface area (Å²) in [5.41, 5.74) is 2.74. The zero-order chi connectivity index (χ0) is 20.3. The van der Waals surface area contributed by atoms with Gasteiger partial charge in [-0.2, -0.15) is 0 Å². The number of allylic oxidation sites excluding steroid dienone is 1. The molecule has 0 fully saturated rings. The van der Waals surface area contributed by atoms with Crippen molar-refractivity contribution in [2.24, 2.45) is 0 Å². The first-order valence-corrected chi connectivity index (χ1v) is 9.50. The minimum Gasteiger partial charge on any atom is -0.465 e. The molecule has 3 rings (SSSR count). The van der Waals surface area contributed by atoms with Crippen LogP contribution < -0.4 is 0 Å². The number of methoxy groups -OCH3 is 1. The van der Waals surface area contributed by atoms with Crippen LogP contribution in [-0.2, 0) is 20.7 Å². The van der Waals surface area contributed by atoms with E-state index >= 15 is 0 Å². The SMILES string of the molecule is COC(=O)C1=C(C)N(CCc2ccccc2)C(=O)/C1=C\c1cccc(Cl)c1Cl. The summed E-state index contributed by atoms with van der Waals surface area (Å²) < 4.78 is 4.91. The summed E-state index contributed by atoms with van der Waals surface area (Å²) in [4.78, 5) is 27.1. The molecule has 144 valence electrons. The van der Waals surface area contributed by atoms with E-state index in [0.29, 0.717) is 34.3 Å². The summed E-state index contributed by atoms with van der Waals surface area (Å²) in [7, 11) is 1.30. The first-order valence-electron chi connectivity index (χ1n) is 8.75. The third-order valence-electron chi connectivity index (χ3n) is 4.65. The normalized spacial score (nSPS) is 15.5. The standard InChI is InChI=1S/C22H19Cl2NO3/c1-14-19(22(27)28-2)17(13-16-9-6-10-18(23)20(16)24)21(26)25(14)12-11-15-7-4-3-5-8-15/h3-10,13H,11-12H2,1-2H3/b17-13-. The average molecular weight is 416 g/mol. The molecule has 2 aromatic rings. The number of halogens is 2. The molecule has 0 radical (unpaired) electrons. The lowest BCUT2D eigenvalue weighted by molar-refractivity contribution is -0.136. The van der Waals surface area contributed by atoms with Crippen molar-refractivity contribution >= 4 is 41.2 Å².